The van der Waals surface area contributed by atoms with Crippen molar-refractivity contribution in [2.24, 2.45) is 0 Å². The molecule has 1 heterocycles. The van der Waals surface area contributed by atoms with Crippen LogP contribution < -0.4 is 4.90 Å². The van der Waals surface area contributed by atoms with Crippen molar-refractivity contribution in [2.45, 2.75) is 26.3 Å². The van der Waals surface area contributed by atoms with Crippen molar-refractivity contribution in [3.63, 3.8) is 0 Å². The summed E-state index contributed by atoms with van der Waals surface area (Å²) in [6, 6.07) is 12.0. The fraction of sp³-hybridized carbons (Fsp3) is 0.294. The van der Waals surface area contributed by atoms with E-state index >= 15 is 0 Å². The first-order valence-electron chi connectivity index (χ1n) is 7.03. The highest BCUT2D eigenvalue weighted by Gasteiger charge is 2.18. The third kappa shape index (κ3) is 3.81. The number of carboxylic acid groups (broad SMARTS) is 1. The molecule has 0 aliphatic carbocycles. The molecule has 1 aromatic heterocycles. The highest BCUT2D eigenvalue weighted by molar-refractivity contribution is 5.68. The van der Waals surface area contributed by atoms with Crippen LogP contribution in [-0.2, 0) is 4.79 Å². The zero-order chi connectivity index (χ0) is 15.2. The normalized spacial score (nSPS) is 11.9. The number of pyridine rings is 1. The van der Waals surface area contributed by atoms with Crippen LogP contribution in [-0.4, -0.2) is 22.6 Å². The number of hydrogen-bond acceptors (Lipinski definition) is 3. The molecule has 1 unspecified atom stereocenters. The van der Waals surface area contributed by atoms with Gasteiger partial charge in [-0.25, -0.2) is 0 Å². The molecule has 0 saturated heterocycles. The van der Waals surface area contributed by atoms with Crippen molar-refractivity contribution < 1.29 is 9.90 Å². The Kier molecular flexibility index (Phi) is 4.93. The van der Waals surface area contributed by atoms with Crippen molar-refractivity contribution in [1.82, 2.24) is 4.98 Å². The third-order valence-electron chi connectivity index (χ3n) is 3.63. The molecular formula is C17H20N2O2. The largest absolute Gasteiger partial charge is 0.481 e. The fourth-order valence-electron chi connectivity index (χ4n) is 2.43. The van der Waals surface area contributed by atoms with Crippen LogP contribution in [0, 0.1) is 6.92 Å². The van der Waals surface area contributed by atoms with Crippen LogP contribution in [0.25, 0.3) is 0 Å². The first-order valence-corrected chi connectivity index (χ1v) is 7.03. The Bertz CT molecular complexity index is 599. The van der Waals surface area contributed by atoms with Crippen molar-refractivity contribution in [2.75, 3.05) is 11.4 Å². The highest BCUT2D eigenvalue weighted by Crippen LogP contribution is 2.29. The van der Waals surface area contributed by atoms with E-state index in [9.17, 15) is 4.79 Å². The predicted octanol–water partition coefficient (Wildman–Crippen LogP) is 3.43. The van der Waals surface area contributed by atoms with Gasteiger partial charge in [-0.1, -0.05) is 24.3 Å². The molecule has 0 radical (unpaired) electrons. The average Bonchev–Trinajstić information content (AvgIpc) is 2.49. The number of carbonyl (C=O) groups is 1. The zero-order valence-electron chi connectivity index (χ0n) is 12.4. The number of aromatic nitrogens is 1. The number of hydrogen-bond donors (Lipinski definition) is 1. The van der Waals surface area contributed by atoms with E-state index < -0.39 is 5.97 Å². The second-order valence-corrected chi connectivity index (χ2v) is 5.09. The van der Waals surface area contributed by atoms with Gasteiger partial charge in [-0.3, -0.25) is 9.78 Å². The van der Waals surface area contributed by atoms with E-state index in [1.54, 1.807) is 6.20 Å². The molecule has 2 aromatic rings. The molecule has 0 fully saturated rings. The summed E-state index contributed by atoms with van der Waals surface area (Å²) in [5.74, 6) is -0.785. The Morgan fingerprint density at radius 3 is 2.67 bits per heavy atom. The predicted molar refractivity (Wildman–Crippen MR) is 83.4 cm³/mol. The molecule has 0 aliphatic rings. The van der Waals surface area contributed by atoms with E-state index in [2.05, 4.69) is 16.8 Å². The van der Waals surface area contributed by atoms with Crippen LogP contribution in [0.15, 0.2) is 48.8 Å². The van der Waals surface area contributed by atoms with E-state index in [0.717, 1.165) is 16.8 Å². The molecular weight excluding hydrogens is 264 g/mol. The summed E-state index contributed by atoms with van der Waals surface area (Å²) in [5.41, 5.74) is 3.28. The van der Waals surface area contributed by atoms with Gasteiger partial charge in [0.2, 0.25) is 0 Å². The van der Waals surface area contributed by atoms with Crippen molar-refractivity contribution in [3.05, 3.63) is 59.9 Å². The Morgan fingerprint density at radius 2 is 2.05 bits per heavy atom. The maximum atomic E-state index is 10.9. The summed E-state index contributed by atoms with van der Waals surface area (Å²) in [7, 11) is 0. The van der Waals surface area contributed by atoms with E-state index in [4.69, 9.17) is 5.11 Å². The molecule has 2 rings (SSSR count). The Hall–Kier alpha value is -2.36. The first kappa shape index (κ1) is 15.0. The number of anilines is 1. The maximum absolute atomic E-state index is 10.9. The highest BCUT2D eigenvalue weighted by atomic mass is 16.4. The Morgan fingerprint density at radius 1 is 1.29 bits per heavy atom. The quantitative estimate of drug-likeness (QED) is 0.883. The zero-order valence-corrected chi connectivity index (χ0v) is 12.4. The first-order chi connectivity index (χ1) is 10.1. The Balaban J connectivity index is 2.32. The molecule has 1 aromatic carbocycles. The van der Waals surface area contributed by atoms with Gasteiger partial charge >= 0.3 is 5.97 Å². The van der Waals surface area contributed by atoms with Gasteiger partial charge in [0.15, 0.2) is 0 Å². The molecule has 21 heavy (non-hydrogen) atoms. The standard InChI is InChI=1S/C17H20N2O2/c1-13-6-3-4-8-16(13)19(11-9-17(20)21)14(2)15-7-5-10-18-12-15/h3-8,10,12,14H,9,11H2,1-2H3,(H,20,21). The van der Waals surface area contributed by atoms with Gasteiger partial charge in [-0.2, -0.15) is 0 Å². The van der Waals surface area contributed by atoms with Crippen LogP contribution in [0.4, 0.5) is 5.69 Å². The van der Waals surface area contributed by atoms with Crippen LogP contribution >= 0.6 is 0 Å². The van der Waals surface area contributed by atoms with E-state index in [1.165, 1.54) is 0 Å². The summed E-state index contributed by atoms with van der Waals surface area (Å²) in [6.45, 7) is 4.58. The third-order valence-corrected chi connectivity index (χ3v) is 3.63. The second kappa shape index (κ2) is 6.88. The lowest BCUT2D eigenvalue weighted by atomic mass is 10.1. The van der Waals surface area contributed by atoms with E-state index in [0.29, 0.717) is 6.54 Å². The van der Waals surface area contributed by atoms with E-state index in [1.807, 2.05) is 49.5 Å². The van der Waals surface area contributed by atoms with Crippen molar-refractivity contribution >= 4 is 11.7 Å². The summed E-state index contributed by atoms with van der Waals surface area (Å²) >= 11 is 0. The smallest absolute Gasteiger partial charge is 0.305 e. The van der Waals surface area contributed by atoms with Gasteiger partial charge in [0.05, 0.1) is 12.5 Å². The maximum Gasteiger partial charge on any atom is 0.305 e. The molecule has 0 saturated carbocycles. The minimum absolute atomic E-state index is 0.0687. The molecule has 0 aliphatic heterocycles. The van der Waals surface area contributed by atoms with E-state index in [-0.39, 0.29) is 12.5 Å². The van der Waals surface area contributed by atoms with Crippen LogP contribution in [0.2, 0.25) is 0 Å². The lowest BCUT2D eigenvalue weighted by Crippen LogP contribution is -2.30. The van der Waals surface area contributed by atoms with Crippen LogP contribution in [0.1, 0.15) is 30.5 Å². The minimum atomic E-state index is -0.785. The molecule has 1 N–H and O–H groups in total. The summed E-state index contributed by atoms with van der Waals surface area (Å²) < 4.78 is 0. The van der Waals surface area contributed by atoms with Gasteiger partial charge in [-0.15, -0.1) is 0 Å². The van der Waals surface area contributed by atoms with Crippen molar-refractivity contribution in [1.29, 1.82) is 0 Å². The monoisotopic (exact) mass is 284 g/mol. The number of aryl methyl sites for hydroxylation is 1. The van der Waals surface area contributed by atoms with Gasteiger partial charge in [0, 0.05) is 24.6 Å². The molecule has 110 valence electrons. The number of para-hydroxylation sites is 1. The molecule has 4 heteroatoms. The number of aliphatic carboxylic acids is 1. The molecule has 0 amide bonds. The average molecular weight is 284 g/mol. The lowest BCUT2D eigenvalue weighted by Gasteiger charge is -2.32. The molecule has 0 spiro atoms. The summed E-state index contributed by atoms with van der Waals surface area (Å²) in [4.78, 5) is 17.2. The number of nitrogens with zero attached hydrogens (tertiary/aromatic N) is 2. The number of benzene rings is 1. The molecule has 0 bridgehead atoms. The fourth-order valence-corrected chi connectivity index (χ4v) is 2.43. The van der Waals surface area contributed by atoms with Gasteiger partial charge < -0.3 is 10.0 Å². The second-order valence-electron chi connectivity index (χ2n) is 5.09. The van der Waals surface area contributed by atoms with Crippen molar-refractivity contribution in [3.8, 4) is 0 Å². The molecule has 4 nitrogen and oxygen atoms in total. The van der Waals surface area contributed by atoms with Crippen LogP contribution in [0.3, 0.4) is 0 Å². The Labute approximate surface area is 125 Å². The number of carboxylic acids is 1. The summed E-state index contributed by atoms with van der Waals surface area (Å²) in [6.07, 6.45) is 3.68. The number of rotatable bonds is 6. The molecule has 1 atom stereocenters. The minimum Gasteiger partial charge on any atom is -0.481 e. The van der Waals surface area contributed by atoms with Gasteiger partial charge in [0.25, 0.3) is 0 Å². The SMILES string of the molecule is Cc1ccccc1N(CCC(=O)O)C(C)c1cccnc1. The topological polar surface area (TPSA) is 53.4 Å². The summed E-state index contributed by atoms with van der Waals surface area (Å²) in [5, 5.41) is 8.99. The lowest BCUT2D eigenvalue weighted by molar-refractivity contribution is -0.136. The van der Waals surface area contributed by atoms with Gasteiger partial charge in [0.1, 0.15) is 0 Å². The van der Waals surface area contributed by atoms with Crippen LogP contribution in [0.5, 0.6) is 0 Å². The van der Waals surface area contributed by atoms with Gasteiger partial charge in [-0.05, 0) is 37.1 Å².